The van der Waals surface area contributed by atoms with Gasteiger partial charge in [-0.3, -0.25) is 0 Å². The summed E-state index contributed by atoms with van der Waals surface area (Å²) in [6.45, 7) is 0. The molecule has 0 atom stereocenters. The van der Waals surface area contributed by atoms with Crippen molar-refractivity contribution in [3.05, 3.63) is 34.3 Å². The lowest BCUT2D eigenvalue weighted by Crippen LogP contribution is -2.02. The van der Waals surface area contributed by atoms with Crippen LogP contribution in [0.1, 0.15) is 11.9 Å². The number of ether oxygens (including phenoxy) is 2. The van der Waals surface area contributed by atoms with Crippen LogP contribution in [0.4, 0.5) is 0 Å². The van der Waals surface area contributed by atoms with Crippen molar-refractivity contribution in [1.29, 1.82) is 0 Å². The Balaban J connectivity index is 0.000000791. The number of hydrogen-bond acceptors (Lipinski definition) is 3. The van der Waals surface area contributed by atoms with Crippen molar-refractivity contribution in [1.82, 2.24) is 0 Å². The van der Waals surface area contributed by atoms with E-state index in [1.807, 2.05) is 24.3 Å². The number of aliphatic hydroxyl groups excluding tert-OH is 1. The maximum absolute atomic E-state index is 7.00. The zero-order valence-electron chi connectivity index (χ0n) is 8.53. The zero-order valence-corrected chi connectivity index (χ0v) is 10.1. The van der Waals surface area contributed by atoms with Gasteiger partial charge in [-0.1, -0.05) is 28.1 Å². The average Bonchev–Trinajstić information content (AvgIpc) is 2.25. The van der Waals surface area contributed by atoms with Gasteiger partial charge in [-0.25, -0.2) is 0 Å². The number of halogens is 1. The molecule has 14 heavy (non-hydrogen) atoms. The van der Waals surface area contributed by atoms with Gasteiger partial charge in [0.2, 0.25) is 0 Å². The highest BCUT2D eigenvalue weighted by molar-refractivity contribution is 9.10. The molecule has 1 rings (SSSR count). The van der Waals surface area contributed by atoms with E-state index in [0.29, 0.717) is 0 Å². The Morgan fingerprint density at radius 1 is 1.07 bits per heavy atom. The Morgan fingerprint density at radius 2 is 1.50 bits per heavy atom. The van der Waals surface area contributed by atoms with Gasteiger partial charge in [-0.05, 0) is 12.1 Å². The van der Waals surface area contributed by atoms with Crippen LogP contribution in [0.5, 0.6) is 0 Å². The monoisotopic (exact) mass is 262 g/mol. The predicted octanol–water partition coefficient (Wildman–Crippen LogP) is 2.35. The van der Waals surface area contributed by atoms with Crippen LogP contribution in [0.2, 0.25) is 0 Å². The van der Waals surface area contributed by atoms with E-state index in [4.69, 9.17) is 14.6 Å². The first-order valence-corrected chi connectivity index (χ1v) is 4.83. The molecule has 1 N–H and O–H groups in total. The van der Waals surface area contributed by atoms with E-state index in [1.165, 1.54) is 0 Å². The maximum atomic E-state index is 7.00. The first kappa shape index (κ1) is 13.6. The number of aliphatic hydroxyl groups is 1. The number of hydrogen-bond donors (Lipinski definition) is 1. The molecule has 0 aliphatic rings. The minimum atomic E-state index is -0.266. The second-order valence-electron chi connectivity index (χ2n) is 2.35. The van der Waals surface area contributed by atoms with Crippen molar-refractivity contribution in [3.8, 4) is 0 Å². The fourth-order valence-corrected chi connectivity index (χ4v) is 1.25. The predicted molar refractivity (Wildman–Crippen MR) is 59.0 cm³/mol. The number of methoxy groups -OCH3 is 2. The highest BCUT2D eigenvalue weighted by Crippen LogP contribution is 2.19. The van der Waals surface area contributed by atoms with Crippen LogP contribution in [0.25, 0.3) is 0 Å². The maximum Gasteiger partial charge on any atom is 0.183 e. The van der Waals surface area contributed by atoms with Gasteiger partial charge in [-0.2, -0.15) is 0 Å². The third kappa shape index (κ3) is 4.19. The summed E-state index contributed by atoms with van der Waals surface area (Å²) in [4.78, 5) is 0. The van der Waals surface area contributed by atoms with Crippen molar-refractivity contribution in [2.24, 2.45) is 0 Å². The van der Waals surface area contributed by atoms with Crippen molar-refractivity contribution in [2.45, 2.75) is 6.29 Å². The van der Waals surface area contributed by atoms with Crippen LogP contribution >= 0.6 is 15.9 Å². The summed E-state index contributed by atoms with van der Waals surface area (Å²) in [5.74, 6) is 0. The zero-order chi connectivity index (χ0) is 11.0. The van der Waals surface area contributed by atoms with Gasteiger partial charge in [0.25, 0.3) is 0 Å². The van der Waals surface area contributed by atoms with E-state index in [0.717, 1.165) is 17.1 Å². The third-order valence-electron chi connectivity index (χ3n) is 1.57. The van der Waals surface area contributed by atoms with Crippen molar-refractivity contribution in [2.75, 3.05) is 21.3 Å². The molecule has 0 fully saturated rings. The van der Waals surface area contributed by atoms with Gasteiger partial charge in [-0.15, -0.1) is 0 Å². The summed E-state index contributed by atoms with van der Waals surface area (Å²) in [7, 11) is 4.24. The molecule has 0 bridgehead atoms. The topological polar surface area (TPSA) is 38.7 Å². The van der Waals surface area contributed by atoms with E-state index < -0.39 is 0 Å². The molecular formula is C10H15BrO3. The molecule has 0 saturated heterocycles. The third-order valence-corrected chi connectivity index (χ3v) is 2.10. The Morgan fingerprint density at radius 3 is 1.86 bits per heavy atom. The highest BCUT2D eigenvalue weighted by Gasteiger charge is 2.06. The highest BCUT2D eigenvalue weighted by atomic mass is 79.9. The molecule has 0 heterocycles. The van der Waals surface area contributed by atoms with Gasteiger partial charge in [0.1, 0.15) is 0 Å². The van der Waals surface area contributed by atoms with E-state index in [2.05, 4.69) is 15.9 Å². The van der Waals surface area contributed by atoms with Crippen LogP contribution in [0, 0.1) is 0 Å². The summed E-state index contributed by atoms with van der Waals surface area (Å²) < 4.78 is 11.2. The largest absolute Gasteiger partial charge is 0.400 e. The van der Waals surface area contributed by atoms with Crippen molar-refractivity contribution >= 4 is 15.9 Å². The normalized spacial score (nSPS) is 9.57. The standard InChI is InChI=1S/C9H11BrO2.CH4O/c1-11-9(12-2)7-3-5-8(10)6-4-7;1-2/h3-6,9H,1-2H3;2H,1H3. The lowest BCUT2D eigenvalue weighted by Gasteiger charge is -2.12. The molecule has 3 nitrogen and oxygen atoms in total. The molecule has 0 unspecified atom stereocenters. The van der Waals surface area contributed by atoms with E-state index in [9.17, 15) is 0 Å². The molecule has 1 aromatic carbocycles. The smallest absolute Gasteiger partial charge is 0.183 e. The van der Waals surface area contributed by atoms with Crippen LogP contribution in [0.3, 0.4) is 0 Å². The Kier molecular flexibility index (Phi) is 7.70. The first-order chi connectivity index (χ1) is 6.77. The molecule has 0 amide bonds. The molecular weight excluding hydrogens is 248 g/mol. The fourth-order valence-electron chi connectivity index (χ4n) is 0.988. The molecule has 0 aliphatic heterocycles. The van der Waals surface area contributed by atoms with Crippen LogP contribution in [0.15, 0.2) is 28.7 Å². The average molecular weight is 263 g/mol. The molecule has 0 saturated carbocycles. The Bertz CT molecular complexity index is 232. The van der Waals surface area contributed by atoms with Gasteiger partial charge in [0, 0.05) is 31.4 Å². The first-order valence-electron chi connectivity index (χ1n) is 4.03. The Labute approximate surface area is 92.8 Å². The van der Waals surface area contributed by atoms with Crippen LogP contribution < -0.4 is 0 Å². The second kappa shape index (κ2) is 7.94. The van der Waals surface area contributed by atoms with Gasteiger partial charge in [0.05, 0.1) is 0 Å². The van der Waals surface area contributed by atoms with Crippen molar-refractivity contribution < 1.29 is 14.6 Å². The van der Waals surface area contributed by atoms with Crippen LogP contribution in [-0.4, -0.2) is 26.4 Å². The van der Waals surface area contributed by atoms with Gasteiger partial charge < -0.3 is 14.6 Å². The fraction of sp³-hybridized carbons (Fsp3) is 0.400. The lowest BCUT2D eigenvalue weighted by molar-refractivity contribution is -0.106. The SMILES string of the molecule is CO.COC(OC)c1ccc(Br)cc1. The summed E-state index contributed by atoms with van der Waals surface area (Å²) >= 11 is 3.36. The van der Waals surface area contributed by atoms with E-state index in [1.54, 1.807) is 14.2 Å². The molecule has 0 aromatic heterocycles. The molecule has 4 heteroatoms. The lowest BCUT2D eigenvalue weighted by atomic mass is 10.2. The minimum absolute atomic E-state index is 0.266. The summed E-state index contributed by atoms with van der Waals surface area (Å²) in [5, 5.41) is 7.00. The summed E-state index contributed by atoms with van der Waals surface area (Å²) in [6, 6.07) is 7.84. The number of benzene rings is 1. The van der Waals surface area contributed by atoms with Crippen LogP contribution in [-0.2, 0) is 9.47 Å². The molecule has 1 aromatic rings. The summed E-state index contributed by atoms with van der Waals surface area (Å²) in [5.41, 5.74) is 1.02. The van der Waals surface area contributed by atoms with Gasteiger partial charge >= 0.3 is 0 Å². The minimum Gasteiger partial charge on any atom is -0.400 e. The molecule has 0 radical (unpaired) electrons. The quantitative estimate of drug-likeness (QED) is 0.851. The summed E-state index contributed by atoms with van der Waals surface area (Å²) in [6.07, 6.45) is -0.266. The van der Waals surface area contributed by atoms with E-state index >= 15 is 0 Å². The van der Waals surface area contributed by atoms with Crippen molar-refractivity contribution in [3.63, 3.8) is 0 Å². The Hall–Kier alpha value is -0.420. The number of rotatable bonds is 3. The van der Waals surface area contributed by atoms with Gasteiger partial charge in [0.15, 0.2) is 6.29 Å². The molecule has 0 spiro atoms. The van der Waals surface area contributed by atoms with E-state index in [-0.39, 0.29) is 6.29 Å². The molecule has 0 aliphatic carbocycles. The second-order valence-corrected chi connectivity index (χ2v) is 3.27. The molecule has 80 valence electrons.